The summed E-state index contributed by atoms with van der Waals surface area (Å²) in [6, 6.07) is 6.31. The van der Waals surface area contributed by atoms with Gasteiger partial charge in [0.25, 0.3) is 0 Å². The maximum Gasteiger partial charge on any atom is 0.407 e. The average Bonchev–Trinajstić information content (AvgIpc) is 2.53. The lowest BCUT2D eigenvalue weighted by atomic mass is 10.1. The highest BCUT2D eigenvalue weighted by molar-refractivity contribution is 5.94. The molecule has 0 fully saturated rings. The Labute approximate surface area is 148 Å². The Balaban J connectivity index is 2.21. The summed E-state index contributed by atoms with van der Waals surface area (Å²) in [5.41, 5.74) is 6.79. The van der Waals surface area contributed by atoms with Gasteiger partial charge in [0.05, 0.1) is 12.6 Å². The van der Waals surface area contributed by atoms with Crippen LogP contribution in [0.4, 0.5) is 10.5 Å². The van der Waals surface area contributed by atoms with Crippen LogP contribution in [0, 0.1) is 0 Å². The van der Waals surface area contributed by atoms with Crippen molar-refractivity contribution in [1.82, 2.24) is 5.32 Å². The summed E-state index contributed by atoms with van der Waals surface area (Å²) in [6.45, 7) is 5.86. The summed E-state index contributed by atoms with van der Waals surface area (Å²) >= 11 is 0. The molecule has 1 rings (SSSR count). The number of carbonyl (C=O) groups excluding carboxylic acids is 2. The fourth-order valence-electron chi connectivity index (χ4n) is 2.05. The molecule has 0 saturated carbocycles. The van der Waals surface area contributed by atoms with E-state index in [9.17, 15) is 9.59 Å². The van der Waals surface area contributed by atoms with Gasteiger partial charge in [0, 0.05) is 12.2 Å². The predicted octanol–water partition coefficient (Wildman–Crippen LogP) is 2.14. The second kappa shape index (κ2) is 10.0. The molecule has 7 nitrogen and oxygen atoms in total. The van der Waals surface area contributed by atoms with E-state index in [2.05, 4.69) is 10.6 Å². The molecule has 7 heteroatoms. The fraction of sp³-hybridized carbons (Fsp3) is 0.556. The number of nitrogens with one attached hydrogen (secondary N) is 2. The molecule has 0 aliphatic rings. The molecular weight excluding hydrogens is 322 g/mol. The highest BCUT2D eigenvalue weighted by Gasteiger charge is 2.16. The maximum absolute atomic E-state index is 12.0. The molecule has 25 heavy (non-hydrogen) atoms. The minimum Gasteiger partial charge on any atom is -0.444 e. The van der Waals surface area contributed by atoms with Crippen LogP contribution in [0.5, 0.6) is 0 Å². The van der Waals surface area contributed by atoms with Gasteiger partial charge in [0.2, 0.25) is 5.91 Å². The highest BCUT2D eigenvalue weighted by atomic mass is 16.6. The summed E-state index contributed by atoms with van der Waals surface area (Å²) in [5, 5.41) is 14.4. The van der Waals surface area contributed by atoms with Crippen molar-refractivity contribution >= 4 is 17.7 Å². The molecule has 1 aromatic rings. The highest BCUT2D eigenvalue weighted by Crippen LogP contribution is 2.11. The molecule has 0 radical (unpaired) electrons. The van der Waals surface area contributed by atoms with Crippen molar-refractivity contribution in [3.8, 4) is 0 Å². The normalized spacial score (nSPS) is 12.4. The summed E-state index contributed by atoms with van der Waals surface area (Å²) in [5.74, 6) is -0.253. The number of unbranched alkanes of at least 4 members (excludes halogenated alkanes) is 1. The van der Waals surface area contributed by atoms with E-state index in [-0.39, 0.29) is 12.5 Å². The van der Waals surface area contributed by atoms with Crippen molar-refractivity contribution in [2.75, 3.05) is 11.9 Å². The zero-order valence-corrected chi connectivity index (χ0v) is 15.2. The van der Waals surface area contributed by atoms with Crippen molar-refractivity contribution in [1.29, 1.82) is 0 Å². The second-order valence-electron chi connectivity index (χ2n) is 6.88. The first-order valence-corrected chi connectivity index (χ1v) is 8.44. The number of alkyl carbamates (subject to hydrolysis) is 1. The van der Waals surface area contributed by atoms with Gasteiger partial charge in [-0.3, -0.25) is 4.79 Å². The Morgan fingerprint density at radius 1 is 1.20 bits per heavy atom. The number of ether oxygens (including phenoxy) is 1. The molecule has 0 saturated heterocycles. The van der Waals surface area contributed by atoms with Crippen molar-refractivity contribution in [2.24, 2.45) is 5.73 Å². The number of nitrogens with two attached hydrogens (primary N) is 1. The van der Waals surface area contributed by atoms with Crippen LogP contribution in [0.2, 0.25) is 0 Å². The molecule has 0 heterocycles. The fourth-order valence-corrected chi connectivity index (χ4v) is 2.05. The van der Waals surface area contributed by atoms with Gasteiger partial charge < -0.3 is 26.2 Å². The molecule has 1 aromatic carbocycles. The molecule has 5 N–H and O–H groups in total. The lowest BCUT2D eigenvalue weighted by Crippen LogP contribution is -2.36. The van der Waals surface area contributed by atoms with E-state index in [0.717, 1.165) is 5.56 Å². The number of hydrogen-bond donors (Lipinski definition) is 4. The third-order valence-electron chi connectivity index (χ3n) is 3.35. The van der Waals surface area contributed by atoms with Crippen molar-refractivity contribution in [2.45, 2.75) is 58.3 Å². The van der Waals surface area contributed by atoms with Crippen LogP contribution in [0.1, 0.15) is 45.6 Å². The van der Waals surface area contributed by atoms with Crippen LogP contribution in [-0.4, -0.2) is 35.3 Å². The van der Waals surface area contributed by atoms with E-state index >= 15 is 0 Å². The first-order valence-electron chi connectivity index (χ1n) is 8.44. The summed E-state index contributed by atoms with van der Waals surface area (Å²) < 4.78 is 5.13. The lowest BCUT2D eigenvalue weighted by Gasteiger charge is -2.19. The SMILES string of the molecule is CC(C)(C)OC(=O)NCCCCC(N)C(=O)Nc1ccc(CO)cc1. The van der Waals surface area contributed by atoms with E-state index in [1.165, 1.54) is 0 Å². The molecule has 0 aliphatic carbocycles. The van der Waals surface area contributed by atoms with Gasteiger partial charge in [0.1, 0.15) is 5.60 Å². The van der Waals surface area contributed by atoms with Crippen molar-refractivity contribution in [3.05, 3.63) is 29.8 Å². The minimum absolute atomic E-state index is 0.0366. The summed E-state index contributed by atoms with van der Waals surface area (Å²) in [4.78, 5) is 23.5. The van der Waals surface area contributed by atoms with E-state index < -0.39 is 17.7 Å². The van der Waals surface area contributed by atoms with Crippen LogP contribution < -0.4 is 16.4 Å². The summed E-state index contributed by atoms with van der Waals surface area (Å²) in [7, 11) is 0. The molecule has 1 unspecified atom stereocenters. The van der Waals surface area contributed by atoms with Crippen LogP contribution >= 0.6 is 0 Å². The molecule has 1 atom stereocenters. The zero-order valence-electron chi connectivity index (χ0n) is 15.2. The van der Waals surface area contributed by atoms with Gasteiger partial charge in [-0.2, -0.15) is 0 Å². The Hall–Kier alpha value is -2.12. The van der Waals surface area contributed by atoms with Crippen LogP contribution in [-0.2, 0) is 16.1 Å². The smallest absolute Gasteiger partial charge is 0.407 e. The average molecular weight is 351 g/mol. The van der Waals surface area contributed by atoms with Crippen LogP contribution in [0.25, 0.3) is 0 Å². The lowest BCUT2D eigenvalue weighted by molar-refractivity contribution is -0.117. The van der Waals surface area contributed by atoms with Crippen LogP contribution in [0.3, 0.4) is 0 Å². The van der Waals surface area contributed by atoms with Gasteiger partial charge in [0.15, 0.2) is 0 Å². The number of amides is 2. The van der Waals surface area contributed by atoms with E-state index in [1.54, 1.807) is 24.3 Å². The monoisotopic (exact) mass is 351 g/mol. The van der Waals surface area contributed by atoms with Gasteiger partial charge in [-0.15, -0.1) is 0 Å². The van der Waals surface area contributed by atoms with Gasteiger partial charge in [-0.25, -0.2) is 4.79 Å². The third-order valence-corrected chi connectivity index (χ3v) is 3.35. The molecular formula is C18H29N3O4. The zero-order chi connectivity index (χ0) is 18.9. The predicted molar refractivity (Wildman–Crippen MR) is 97.1 cm³/mol. The number of benzene rings is 1. The molecule has 0 aromatic heterocycles. The van der Waals surface area contributed by atoms with E-state index in [0.29, 0.717) is 31.5 Å². The minimum atomic E-state index is -0.612. The van der Waals surface area contributed by atoms with E-state index in [1.807, 2.05) is 20.8 Å². The number of hydrogen-bond acceptors (Lipinski definition) is 5. The number of anilines is 1. The van der Waals surface area contributed by atoms with Gasteiger partial charge in [-0.1, -0.05) is 12.1 Å². The largest absolute Gasteiger partial charge is 0.444 e. The molecule has 0 bridgehead atoms. The number of aliphatic hydroxyl groups excluding tert-OH is 1. The Bertz CT molecular complexity index is 552. The molecule has 140 valence electrons. The molecule has 0 spiro atoms. The number of aliphatic hydroxyl groups is 1. The van der Waals surface area contributed by atoms with Gasteiger partial charge >= 0.3 is 6.09 Å². The second-order valence-corrected chi connectivity index (χ2v) is 6.88. The number of rotatable bonds is 8. The standard InChI is InChI=1S/C18H29N3O4/c1-18(2,3)25-17(24)20-11-5-4-6-15(19)16(23)21-14-9-7-13(12-22)8-10-14/h7-10,15,22H,4-6,11-12,19H2,1-3H3,(H,20,24)(H,21,23). The first-order chi connectivity index (χ1) is 11.7. The molecule has 2 amide bonds. The van der Waals surface area contributed by atoms with Crippen molar-refractivity contribution in [3.63, 3.8) is 0 Å². The quantitative estimate of drug-likeness (QED) is 0.536. The maximum atomic E-state index is 12.0. The van der Waals surface area contributed by atoms with Crippen LogP contribution in [0.15, 0.2) is 24.3 Å². The molecule has 0 aliphatic heterocycles. The van der Waals surface area contributed by atoms with E-state index in [4.69, 9.17) is 15.6 Å². The van der Waals surface area contributed by atoms with Crippen molar-refractivity contribution < 1.29 is 19.4 Å². The first kappa shape index (κ1) is 20.9. The Kier molecular flexibility index (Phi) is 8.37. The Morgan fingerprint density at radius 3 is 2.40 bits per heavy atom. The Morgan fingerprint density at radius 2 is 1.84 bits per heavy atom. The summed E-state index contributed by atoms with van der Waals surface area (Å²) in [6.07, 6.45) is 1.51. The topological polar surface area (TPSA) is 114 Å². The third kappa shape index (κ3) is 9.07. The van der Waals surface area contributed by atoms with Gasteiger partial charge in [-0.05, 0) is 57.7 Å². The number of carbonyl (C=O) groups is 2.